The Morgan fingerprint density at radius 3 is 2.56 bits per heavy atom. The van der Waals surface area contributed by atoms with Crippen LogP contribution in [-0.4, -0.2) is 26.7 Å². The molecule has 0 saturated heterocycles. The van der Waals surface area contributed by atoms with E-state index in [1.54, 1.807) is 30.3 Å². The van der Waals surface area contributed by atoms with Gasteiger partial charge in [-0.1, -0.05) is 24.3 Å². The maximum absolute atomic E-state index is 12.2. The summed E-state index contributed by atoms with van der Waals surface area (Å²) in [4.78, 5) is 11.8. The zero-order chi connectivity index (χ0) is 17.7. The summed E-state index contributed by atoms with van der Waals surface area (Å²) in [7, 11) is -3.23. The quantitative estimate of drug-likeness (QED) is 0.771. The Morgan fingerprint density at radius 2 is 1.76 bits per heavy atom. The number of sulfone groups is 1. The number of anilines is 1. The molecule has 0 aliphatic carbocycles. The van der Waals surface area contributed by atoms with Crippen LogP contribution in [0.15, 0.2) is 53.4 Å². The normalized spacial score (nSPS) is 13.8. The molecule has 5 nitrogen and oxygen atoms in total. The Kier molecular flexibility index (Phi) is 5.38. The number of benzene rings is 2. The highest BCUT2D eigenvalue weighted by molar-refractivity contribution is 7.91. The van der Waals surface area contributed by atoms with E-state index in [1.165, 1.54) is 0 Å². The molecule has 132 valence electrons. The second-order valence-corrected chi connectivity index (χ2v) is 8.13. The van der Waals surface area contributed by atoms with Gasteiger partial charge in [0.2, 0.25) is 5.91 Å². The number of amides is 1. The first kappa shape index (κ1) is 17.5. The number of unbranched alkanes of at least 4 members (excludes halogenated alkanes) is 1. The van der Waals surface area contributed by atoms with Gasteiger partial charge >= 0.3 is 0 Å². The molecule has 6 heteroatoms. The van der Waals surface area contributed by atoms with Gasteiger partial charge in [0.25, 0.3) is 0 Å². The van der Waals surface area contributed by atoms with E-state index in [-0.39, 0.29) is 11.7 Å². The highest BCUT2D eigenvalue weighted by Crippen LogP contribution is 2.31. The van der Waals surface area contributed by atoms with Crippen LogP contribution in [0.3, 0.4) is 0 Å². The van der Waals surface area contributed by atoms with E-state index >= 15 is 0 Å². The van der Waals surface area contributed by atoms with E-state index in [0.29, 0.717) is 37.2 Å². The molecule has 0 unspecified atom stereocenters. The van der Waals surface area contributed by atoms with Gasteiger partial charge in [-0.3, -0.25) is 4.79 Å². The summed E-state index contributed by atoms with van der Waals surface area (Å²) in [5, 5.41) is 2.84. The van der Waals surface area contributed by atoms with Crippen LogP contribution in [0, 0.1) is 0 Å². The molecule has 1 aliphatic heterocycles. The smallest absolute Gasteiger partial charge is 0.224 e. The van der Waals surface area contributed by atoms with E-state index < -0.39 is 9.84 Å². The van der Waals surface area contributed by atoms with E-state index in [0.717, 1.165) is 17.0 Å². The summed E-state index contributed by atoms with van der Waals surface area (Å²) in [6, 6.07) is 14.1. The fraction of sp³-hybridized carbons (Fsp3) is 0.316. The third-order valence-electron chi connectivity index (χ3n) is 4.18. The molecule has 0 saturated carbocycles. The molecule has 0 radical (unpaired) electrons. The number of nitrogens with one attached hydrogen (secondary N) is 1. The number of rotatable bonds is 7. The third kappa shape index (κ3) is 4.39. The molecule has 25 heavy (non-hydrogen) atoms. The Balaban J connectivity index is 1.50. The van der Waals surface area contributed by atoms with Crippen molar-refractivity contribution in [3.8, 4) is 5.75 Å². The van der Waals surface area contributed by atoms with Gasteiger partial charge < -0.3 is 10.1 Å². The van der Waals surface area contributed by atoms with Gasteiger partial charge in [-0.25, -0.2) is 8.42 Å². The zero-order valence-corrected chi connectivity index (χ0v) is 14.7. The van der Waals surface area contributed by atoms with Crippen molar-refractivity contribution in [3.63, 3.8) is 0 Å². The van der Waals surface area contributed by atoms with Crippen LogP contribution in [0.25, 0.3) is 0 Å². The lowest BCUT2D eigenvalue weighted by molar-refractivity contribution is -0.116. The molecule has 0 aromatic heterocycles. The maximum Gasteiger partial charge on any atom is 0.224 e. The van der Waals surface area contributed by atoms with Crippen molar-refractivity contribution in [2.24, 2.45) is 0 Å². The maximum atomic E-state index is 12.2. The summed E-state index contributed by atoms with van der Waals surface area (Å²) < 4.78 is 30.2. The lowest BCUT2D eigenvalue weighted by Gasteiger charge is -2.20. The Bertz CT molecular complexity index is 847. The van der Waals surface area contributed by atoms with Crippen LogP contribution in [-0.2, 0) is 21.1 Å². The van der Waals surface area contributed by atoms with Gasteiger partial charge in [-0.2, -0.15) is 0 Å². The average Bonchev–Trinajstić information content (AvgIpc) is 2.62. The molecular formula is C19H21NO4S. The molecule has 1 N–H and O–H groups in total. The molecule has 0 atom stereocenters. The van der Waals surface area contributed by atoms with Gasteiger partial charge in [0.15, 0.2) is 9.84 Å². The topological polar surface area (TPSA) is 72.5 Å². The standard InChI is InChI=1S/C19H21NO4S/c21-19-12-11-16-17(20-19)9-6-10-18(16)24-13-4-5-14-25(22,23)15-7-2-1-3-8-15/h1-3,6-10H,4-5,11-14H2,(H,20,21). The van der Waals surface area contributed by atoms with Crippen LogP contribution >= 0.6 is 0 Å². The minimum Gasteiger partial charge on any atom is -0.493 e. The first-order chi connectivity index (χ1) is 12.1. The van der Waals surface area contributed by atoms with E-state index in [1.807, 2.05) is 18.2 Å². The second-order valence-electron chi connectivity index (χ2n) is 6.02. The first-order valence-electron chi connectivity index (χ1n) is 8.38. The highest BCUT2D eigenvalue weighted by Gasteiger charge is 2.18. The van der Waals surface area contributed by atoms with Crippen LogP contribution < -0.4 is 10.1 Å². The van der Waals surface area contributed by atoms with Crippen molar-refractivity contribution >= 4 is 21.4 Å². The van der Waals surface area contributed by atoms with Crippen molar-refractivity contribution < 1.29 is 17.9 Å². The average molecular weight is 359 g/mol. The van der Waals surface area contributed by atoms with Crippen LogP contribution in [0.4, 0.5) is 5.69 Å². The van der Waals surface area contributed by atoms with Crippen LogP contribution in [0.2, 0.25) is 0 Å². The number of carbonyl (C=O) groups is 1. The van der Waals surface area contributed by atoms with E-state index in [2.05, 4.69) is 5.32 Å². The summed E-state index contributed by atoms with van der Waals surface area (Å²) in [5.74, 6) is 0.905. The summed E-state index contributed by atoms with van der Waals surface area (Å²) in [6.07, 6.45) is 2.33. The Morgan fingerprint density at radius 1 is 0.960 bits per heavy atom. The molecule has 2 aromatic carbocycles. The SMILES string of the molecule is O=C1CCc2c(cccc2OCCCCS(=O)(=O)c2ccccc2)N1. The number of ether oxygens (including phenoxy) is 1. The van der Waals surface area contributed by atoms with Gasteiger partial charge in [-0.15, -0.1) is 0 Å². The number of hydrogen-bond donors (Lipinski definition) is 1. The lowest BCUT2D eigenvalue weighted by Crippen LogP contribution is -2.19. The lowest BCUT2D eigenvalue weighted by atomic mass is 10.0. The molecule has 0 spiro atoms. The van der Waals surface area contributed by atoms with Gasteiger partial charge in [0, 0.05) is 17.7 Å². The second kappa shape index (κ2) is 7.70. The van der Waals surface area contributed by atoms with Crippen LogP contribution in [0.1, 0.15) is 24.8 Å². The Labute approximate surface area is 147 Å². The molecule has 1 heterocycles. The highest BCUT2D eigenvalue weighted by atomic mass is 32.2. The first-order valence-corrected chi connectivity index (χ1v) is 10.0. The fourth-order valence-electron chi connectivity index (χ4n) is 2.85. The molecule has 0 bridgehead atoms. The fourth-order valence-corrected chi connectivity index (χ4v) is 4.24. The predicted octanol–water partition coefficient (Wildman–Crippen LogP) is 3.20. The zero-order valence-electron chi connectivity index (χ0n) is 13.9. The summed E-state index contributed by atoms with van der Waals surface area (Å²) >= 11 is 0. The van der Waals surface area contributed by atoms with Gasteiger partial charge in [0.1, 0.15) is 5.75 Å². The minimum absolute atomic E-state index is 0.0239. The number of fused-ring (bicyclic) bond motifs is 1. The predicted molar refractivity (Wildman–Crippen MR) is 96.6 cm³/mol. The minimum atomic E-state index is -3.23. The summed E-state index contributed by atoms with van der Waals surface area (Å²) in [6.45, 7) is 0.453. The molecule has 0 fully saturated rings. The van der Waals surface area contributed by atoms with Crippen molar-refractivity contribution in [2.45, 2.75) is 30.6 Å². The monoisotopic (exact) mass is 359 g/mol. The van der Waals surface area contributed by atoms with Gasteiger partial charge in [-0.05, 0) is 43.5 Å². The number of hydrogen-bond acceptors (Lipinski definition) is 4. The number of carbonyl (C=O) groups excluding carboxylic acids is 1. The van der Waals surface area contributed by atoms with E-state index in [4.69, 9.17) is 4.74 Å². The molecule has 2 aromatic rings. The largest absolute Gasteiger partial charge is 0.493 e. The van der Waals surface area contributed by atoms with Crippen molar-refractivity contribution in [3.05, 3.63) is 54.1 Å². The van der Waals surface area contributed by atoms with Crippen molar-refractivity contribution in [1.82, 2.24) is 0 Å². The summed E-state index contributed by atoms with van der Waals surface area (Å²) in [5.41, 5.74) is 1.82. The third-order valence-corrected chi connectivity index (χ3v) is 5.99. The Hall–Kier alpha value is -2.34. The van der Waals surface area contributed by atoms with Gasteiger partial charge in [0.05, 0.1) is 17.3 Å². The molecule has 1 amide bonds. The molecular weight excluding hydrogens is 338 g/mol. The van der Waals surface area contributed by atoms with E-state index in [9.17, 15) is 13.2 Å². The van der Waals surface area contributed by atoms with Crippen molar-refractivity contribution in [1.29, 1.82) is 0 Å². The van der Waals surface area contributed by atoms with Crippen LogP contribution in [0.5, 0.6) is 5.75 Å². The molecule has 1 aliphatic rings. The van der Waals surface area contributed by atoms with Crippen molar-refractivity contribution in [2.75, 3.05) is 17.7 Å². The molecule has 3 rings (SSSR count).